The SMILES string of the molecule is CC(N=O)C(C)N=CC(C=NC(C)C(C)N=O)N=[N+]=[N-]. The molecule has 0 aromatic carbocycles. The van der Waals surface area contributed by atoms with Crippen molar-refractivity contribution in [2.24, 2.45) is 25.5 Å². The Kier molecular flexibility index (Phi) is 8.69. The molecule has 0 saturated heterocycles. The van der Waals surface area contributed by atoms with E-state index in [1.54, 1.807) is 27.7 Å². The molecule has 0 bridgehead atoms. The van der Waals surface area contributed by atoms with Crippen LogP contribution in [0.3, 0.4) is 0 Å². The van der Waals surface area contributed by atoms with Crippen molar-refractivity contribution in [2.75, 3.05) is 0 Å². The zero-order valence-electron chi connectivity index (χ0n) is 12.0. The Labute approximate surface area is 117 Å². The van der Waals surface area contributed by atoms with Gasteiger partial charge in [-0.2, -0.15) is 9.81 Å². The molecule has 0 aliphatic heterocycles. The first-order valence-corrected chi connectivity index (χ1v) is 6.22. The van der Waals surface area contributed by atoms with Gasteiger partial charge in [0.1, 0.15) is 18.1 Å². The maximum absolute atomic E-state index is 10.4. The first kappa shape index (κ1) is 17.8. The van der Waals surface area contributed by atoms with Gasteiger partial charge in [-0.25, -0.2) is 0 Å². The van der Waals surface area contributed by atoms with Crippen LogP contribution in [-0.4, -0.2) is 42.6 Å². The second-order valence-corrected chi connectivity index (χ2v) is 4.47. The normalized spacial score (nSPS) is 19.0. The lowest BCUT2D eigenvalue weighted by atomic mass is 10.2. The number of hydrogen-bond donors (Lipinski definition) is 0. The van der Waals surface area contributed by atoms with Crippen molar-refractivity contribution in [3.05, 3.63) is 20.3 Å². The molecule has 0 spiro atoms. The van der Waals surface area contributed by atoms with Gasteiger partial charge in [-0.05, 0) is 33.2 Å². The molecule has 0 fully saturated rings. The van der Waals surface area contributed by atoms with Gasteiger partial charge in [0.25, 0.3) is 0 Å². The molecule has 0 aromatic heterocycles. The molecule has 4 atom stereocenters. The van der Waals surface area contributed by atoms with Crippen molar-refractivity contribution < 1.29 is 0 Å². The summed E-state index contributed by atoms with van der Waals surface area (Å²) in [6.45, 7) is 6.75. The van der Waals surface area contributed by atoms with E-state index in [-0.39, 0.29) is 12.1 Å². The van der Waals surface area contributed by atoms with Crippen LogP contribution in [0.25, 0.3) is 10.4 Å². The van der Waals surface area contributed by atoms with Crippen molar-refractivity contribution in [1.82, 2.24) is 0 Å². The molecule has 20 heavy (non-hydrogen) atoms. The molecular weight excluding hydrogens is 262 g/mol. The summed E-state index contributed by atoms with van der Waals surface area (Å²) in [6.07, 6.45) is 2.81. The average Bonchev–Trinajstić information content (AvgIpc) is 2.47. The number of nitrogens with zero attached hydrogens (tertiary/aromatic N) is 7. The smallest absolute Gasteiger partial charge is 0.111 e. The predicted molar refractivity (Wildman–Crippen MR) is 79.4 cm³/mol. The Balaban J connectivity index is 4.77. The van der Waals surface area contributed by atoms with Gasteiger partial charge in [-0.15, -0.1) is 0 Å². The summed E-state index contributed by atoms with van der Waals surface area (Å²) in [5.74, 6) is 0. The molecule has 9 nitrogen and oxygen atoms in total. The summed E-state index contributed by atoms with van der Waals surface area (Å²) in [7, 11) is 0. The van der Waals surface area contributed by atoms with Gasteiger partial charge in [0.05, 0.1) is 12.1 Å². The molecule has 110 valence electrons. The maximum atomic E-state index is 10.4. The van der Waals surface area contributed by atoms with Gasteiger partial charge in [0.15, 0.2) is 0 Å². The fourth-order valence-electron chi connectivity index (χ4n) is 1.03. The van der Waals surface area contributed by atoms with Crippen LogP contribution in [-0.2, 0) is 0 Å². The Bertz CT molecular complexity index is 387. The summed E-state index contributed by atoms with van der Waals surface area (Å²) >= 11 is 0. The van der Waals surface area contributed by atoms with Crippen LogP contribution in [0.5, 0.6) is 0 Å². The van der Waals surface area contributed by atoms with Gasteiger partial charge in [0.2, 0.25) is 0 Å². The van der Waals surface area contributed by atoms with Gasteiger partial charge >= 0.3 is 0 Å². The number of nitroso groups, excluding NO2 is 2. The van der Waals surface area contributed by atoms with E-state index in [9.17, 15) is 9.81 Å². The van der Waals surface area contributed by atoms with E-state index in [2.05, 4.69) is 30.4 Å². The highest BCUT2D eigenvalue weighted by molar-refractivity contribution is 5.88. The lowest BCUT2D eigenvalue weighted by Gasteiger charge is -2.09. The van der Waals surface area contributed by atoms with Crippen LogP contribution in [0.4, 0.5) is 0 Å². The van der Waals surface area contributed by atoms with Gasteiger partial charge < -0.3 is 0 Å². The third-order valence-corrected chi connectivity index (χ3v) is 2.86. The first-order valence-electron chi connectivity index (χ1n) is 6.22. The molecule has 0 aliphatic carbocycles. The zero-order chi connectivity index (χ0) is 15.5. The molecular formula is C11H19N7O2. The highest BCUT2D eigenvalue weighted by Gasteiger charge is 2.12. The minimum atomic E-state index is -0.678. The van der Waals surface area contributed by atoms with Gasteiger partial charge in [-0.1, -0.05) is 15.5 Å². The molecule has 9 heteroatoms. The molecule has 4 unspecified atom stereocenters. The van der Waals surface area contributed by atoms with E-state index in [0.717, 1.165) is 0 Å². The fourth-order valence-corrected chi connectivity index (χ4v) is 1.03. The summed E-state index contributed by atoms with van der Waals surface area (Å²) in [6, 6.07) is -2.24. The molecule has 0 rings (SSSR count). The number of azide groups is 1. The van der Waals surface area contributed by atoms with E-state index in [1.165, 1.54) is 12.4 Å². The second-order valence-electron chi connectivity index (χ2n) is 4.47. The van der Waals surface area contributed by atoms with Gasteiger partial charge in [0, 0.05) is 17.3 Å². The van der Waals surface area contributed by atoms with Crippen LogP contribution in [0.15, 0.2) is 25.5 Å². The molecule has 0 saturated carbocycles. The highest BCUT2D eigenvalue weighted by atomic mass is 16.3. The third-order valence-electron chi connectivity index (χ3n) is 2.86. The lowest BCUT2D eigenvalue weighted by Crippen LogP contribution is -2.19. The first-order chi connectivity index (χ1) is 9.46. The van der Waals surface area contributed by atoms with E-state index < -0.39 is 18.1 Å². The lowest BCUT2D eigenvalue weighted by molar-refractivity contribution is 0.602. The molecule has 0 amide bonds. The Morgan fingerprint density at radius 3 is 1.55 bits per heavy atom. The van der Waals surface area contributed by atoms with Crippen molar-refractivity contribution in [1.29, 1.82) is 0 Å². The summed E-state index contributed by atoms with van der Waals surface area (Å²) in [5.41, 5.74) is 8.48. The Morgan fingerprint density at radius 2 is 1.25 bits per heavy atom. The van der Waals surface area contributed by atoms with Crippen LogP contribution in [0, 0.1) is 9.81 Å². The Hall–Kier alpha value is -2.15. The topological polar surface area (TPSA) is 132 Å². The van der Waals surface area contributed by atoms with E-state index in [1.807, 2.05) is 0 Å². The summed E-state index contributed by atoms with van der Waals surface area (Å²) in [5, 5.41) is 9.25. The van der Waals surface area contributed by atoms with Crippen LogP contribution in [0.2, 0.25) is 0 Å². The molecule has 0 aromatic rings. The molecule has 0 heterocycles. The van der Waals surface area contributed by atoms with E-state index in [4.69, 9.17) is 5.53 Å². The van der Waals surface area contributed by atoms with Gasteiger partial charge in [-0.3, -0.25) is 9.98 Å². The number of aliphatic imine (C=N–C) groups is 2. The highest BCUT2D eigenvalue weighted by Crippen LogP contribution is 2.03. The zero-order valence-corrected chi connectivity index (χ0v) is 12.0. The van der Waals surface area contributed by atoms with Crippen molar-refractivity contribution in [3.8, 4) is 0 Å². The van der Waals surface area contributed by atoms with E-state index >= 15 is 0 Å². The number of hydrogen-bond acceptors (Lipinski definition) is 7. The quantitative estimate of drug-likeness (QED) is 0.211. The predicted octanol–water partition coefficient (Wildman–Crippen LogP) is 2.89. The monoisotopic (exact) mass is 281 g/mol. The van der Waals surface area contributed by atoms with E-state index in [0.29, 0.717) is 0 Å². The molecule has 0 aliphatic rings. The minimum Gasteiger partial charge on any atom is -0.291 e. The summed E-state index contributed by atoms with van der Waals surface area (Å²) in [4.78, 5) is 31.6. The van der Waals surface area contributed by atoms with Crippen molar-refractivity contribution in [2.45, 2.75) is 57.9 Å². The van der Waals surface area contributed by atoms with Crippen molar-refractivity contribution >= 4 is 12.4 Å². The fraction of sp³-hybridized carbons (Fsp3) is 0.818. The third kappa shape index (κ3) is 6.69. The van der Waals surface area contributed by atoms with Crippen LogP contribution >= 0.6 is 0 Å². The average molecular weight is 281 g/mol. The standard InChI is InChI=1S/C11H19N7O2/c1-7(9(3)16-19)13-5-11(15-18-12)6-14-8(2)10(4)17-20/h5-11H,1-4H3. The Morgan fingerprint density at radius 1 is 0.850 bits per heavy atom. The number of rotatable bonds is 9. The van der Waals surface area contributed by atoms with Crippen molar-refractivity contribution in [3.63, 3.8) is 0 Å². The molecule has 0 radical (unpaired) electrons. The van der Waals surface area contributed by atoms with Crippen LogP contribution < -0.4 is 0 Å². The minimum absolute atomic E-state index is 0.315. The largest absolute Gasteiger partial charge is 0.291 e. The molecule has 0 N–H and O–H groups in total. The maximum Gasteiger partial charge on any atom is 0.111 e. The van der Waals surface area contributed by atoms with Crippen LogP contribution in [0.1, 0.15) is 27.7 Å². The summed E-state index contributed by atoms with van der Waals surface area (Å²) < 4.78 is 0. The second kappa shape index (κ2) is 9.74.